The molecule has 2 aromatic rings. The second kappa shape index (κ2) is 3.38. The van der Waals surface area contributed by atoms with Crippen molar-refractivity contribution in [2.24, 2.45) is 0 Å². The van der Waals surface area contributed by atoms with Gasteiger partial charge in [-0.25, -0.2) is 4.98 Å². The number of fused-ring (bicyclic) bond motifs is 1. The molecule has 1 aromatic carbocycles. The molecular formula is C10H11N3S. The first-order valence-electron chi connectivity index (χ1n) is 4.33. The highest BCUT2D eigenvalue weighted by atomic mass is 32.1. The second-order valence-electron chi connectivity index (χ2n) is 3.33. The van der Waals surface area contributed by atoms with E-state index in [-0.39, 0.29) is 0 Å². The third-order valence-corrected chi connectivity index (χ3v) is 2.48. The van der Waals surface area contributed by atoms with E-state index in [0.717, 1.165) is 16.6 Å². The number of anilines is 1. The lowest BCUT2D eigenvalue weighted by Crippen LogP contribution is -2.08. The van der Waals surface area contributed by atoms with Crippen molar-refractivity contribution in [1.82, 2.24) is 9.97 Å². The van der Waals surface area contributed by atoms with Crippen molar-refractivity contribution in [2.75, 3.05) is 19.0 Å². The summed E-state index contributed by atoms with van der Waals surface area (Å²) in [5, 5.41) is 0.994. The summed E-state index contributed by atoms with van der Waals surface area (Å²) in [6.07, 6.45) is 1.62. The Morgan fingerprint density at radius 2 is 2.14 bits per heavy atom. The molecule has 0 unspecified atom stereocenters. The number of benzene rings is 1. The zero-order valence-corrected chi connectivity index (χ0v) is 8.93. The van der Waals surface area contributed by atoms with Crippen molar-refractivity contribution in [1.29, 1.82) is 0 Å². The highest BCUT2D eigenvalue weighted by Gasteiger charge is 1.99. The Morgan fingerprint density at radius 3 is 2.86 bits per heavy atom. The van der Waals surface area contributed by atoms with Gasteiger partial charge in [0.2, 0.25) is 0 Å². The van der Waals surface area contributed by atoms with Gasteiger partial charge in [0.25, 0.3) is 0 Å². The zero-order chi connectivity index (χ0) is 10.1. The third-order valence-electron chi connectivity index (χ3n) is 2.15. The van der Waals surface area contributed by atoms with Crippen molar-refractivity contribution in [3.63, 3.8) is 0 Å². The van der Waals surface area contributed by atoms with E-state index in [1.165, 1.54) is 0 Å². The lowest BCUT2D eigenvalue weighted by atomic mass is 10.2. The summed E-state index contributed by atoms with van der Waals surface area (Å²) in [6.45, 7) is 0. The van der Waals surface area contributed by atoms with Gasteiger partial charge in [-0.05, 0) is 18.2 Å². The van der Waals surface area contributed by atoms with E-state index < -0.39 is 0 Å². The van der Waals surface area contributed by atoms with E-state index in [9.17, 15) is 0 Å². The molecule has 0 atom stereocenters. The van der Waals surface area contributed by atoms with Crippen LogP contribution in [-0.4, -0.2) is 24.1 Å². The van der Waals surface area contributed by atoms with Crippen LogP contribution in [0, 0.1) is 4.64 Å². The maximum absolute atomic E-state index is 5.15. The van der Waals surface area contributed by atoms with Crippen LogP contribution in [0.25, 0.3) is 10.9 Å². The van der Waals surface area contributed by atoms with E-state index in [1.54, 1.807) is 6.33 Å². The van der Waals surface area contributed by atoms with Gasteiger partial charge in [-0.1, -0.05) is 12.2 Å². The Hall–Kier alpha value is -1.42. The molecule has 0 amide bonds. The molecule has 1 aromatic heterocycles. The Labute approximate surface area is 87.4 Å². The molecule has 0 radical (unpaired) electrons. The minimum Gasteiger partial charge on any atom is -0.378 e. The smallest absolute Gasteiger partial charge is 0.137 e. The first kappa shape index (κ1) is 9.15. The Morgan fingerprint density at radius 1 is 1.36 bits per heavy atom. The zero-order valence-electron chi connectivity index (χ0n) is 8.11. The number of hydrogen-bond donors (Lipinski definition) is 1. The average Bonchev–Trinajstić information content (AvgIpc) is 2.18. The highest BCUT2D eigenvalue weighted by molar-refractivity contribution is 7.71. The number of nitrogens with zero attached hydrogens (tertiary/aromatic N) is 2. The third kappa shape index (κ3) is 1.48. The number of aromatic nitrogens is 2. The maximum atomic E-state index is 5.15. The quantitative estimate of drug-likeness (QED) is 0.725. The summed E-state index contributed by atoms with van der Waals surface area (Å²) in [5.74, 6) is 0. The van der Waals surface area contributed by atoms with E-state index in [4.69, 9.17) is 12.2 Å². The van der Waals surface area contributed by atoms with Gasteiger partial charge in [-0.15, -0.1) is 0 Å². The predicted molar refractivity (Wildman–Crippen MR) is 61.3 cm³/mol. The molecule has 0 fully saturated rings. The number of aromatic amines is 1. The molecule has 0 saturated heterocycles. The SMILES string of the molecule is CN(C)c1ccc2[nH]cnc(=S)c2c1. The molecule has 2 rings (SSSR count). The molecule has 0 aliphatic heterocycles. The fraction of sp³-hybridized carbons (Fsp3) is 0.200. The summed E-state index contributed by atoms with van der Waals surface area (Å²) in [6, 6.07) is 6.11. The summed E-state index contributed by atoms with van der Waals surface area (Å²) in [4.78, 5) is 9.15. The van der Waals surface area contributed by atoms with Crippen molar-refractivity contribution < 1.29 is 0 Å². The number of hydrogen-bond acceptors (Lipinski definition) is 3. The van der Waals surface area contributed by atoms with Crippen LogP contribution in [0.3, 0.4) is 0 Å². The van der Waals surface area contributed by atoms with Crippen LogP contribution >= 0.6 is 12.2 Å². The molecule has 14 heavy (non-hydrogen) atoms. The van der Waals surface area contributed by atoms with E-state index >= 15 is 0 Å². The van der Waals surface area contributed by atoms with Crippen LogP contribution in [0.15, 0.2) is 24.5 Å². The average molecular weight is 205 g/mol. The molecule has 0 aliphatic rings. The van der Waals surface area contributed by atoms with Crippen LogP contribution in [-0.2, 0) is 0 Å². The minimum atomic E-state index is 0.641. The van der Waals surface area contributed by atoms with Gasteiger partial charge in [-0.2, -0.15) is 0 Å². The summed E-state index contributed by atoms with van der Waals surface area (Å²) >= 11 is 5.15. The molecule has 1 heterocycles. The Bertz CT molecular complexity index is 516. The second-order valence-corrected chi connectivity index (χ2v) is 3.72. The van der Waals surface area contributed by atoms with Crippen LogP contribution in [0.1, 0.15) is 0 Å². The molecule has 3 nitrogen and oxygen atoms in total. The standard InChI is InChI=1S/C10H11N3S/c1-13(2)7-3-4-9-8(5-7)10(14)12-6-11-9/h3-6H,1-2H3,(H,11,12,14). The topological polar surface area (TPSA) is 31.9 Å². The van der Waals surface area contributed by atoms with Crippen molar-refractivity contribution >= 4 is 28.8 Å². The number of H-pyrrole nitrogens is 1. The van der Waals surface area contributed by atoms with Crippen LogP contribution in [0.5, 0.6) is 0 Å². The van der Waals surface area contributed by atoms with Crippen molar-refractivity contribution in [3.8, 4) is 0 Å². The number of nitrogens with one attached hydrogen (secondary N) is 1. The lowest BCUT2D eigenvalue weighted by Gasteiger charge is -2.12. The first-order valence-corrected chi connectivity index (χ1v) is 4.74. The maximum Gasteiger partial charge on any atom is 0.137 e. The molecule has 4 heteroatoms. The van der Waals surface area contributed by atoms with Gasteiger partial charge in [-0.3, -0.25) is 0 Å². The van der Waals surface area contributed by atoms with Gasteiger partial charge < -0.3 is 9.88 Å². The molecule has 1 N–H and O–H groups in total. The first-order chi connectivity index (χ1) is 6.68. The normalized spacial score (nSPS) is 10.4. The molecule has 0 spiro atoms. The predicted octanol–water partition coefficient (Wildman–Crippen LogP) is 2.36. The molecule has 0 bridgehead atoms. The van der Waals surface area contributed by atoms with Crippen molar-refractivity contribution in [2.45, 2.75) is 0 Å². The van der Waals surface area contributed by atoms with Gasteiger partial charge in [0.05, 0.1) is 6.33 Å². The van der Waals surface area contributed by atoms with Crippen LogP contribution in [0.2, 0.25) is 0 Å². The minimum absolute atomic E-state index is 0.641. The summed E-state index contributed by atoms with van der Waals surface area (Å²) in [7, 11) is 4.01. The molecule has 0 aliphatic carbocycles. The molecular weight excluding hydrogens is 194 g/mol. The fourth-order valence-corrected chi connectivity index (χ4v) is 1.56. The van der Waals surface area contributed by atoms with Crippen LogP contribution < -0.4 is 4.90 Å². The largest absolute Gasteiger partial charge is 0.378 e. The van der Waals surface area contributed by atoms with Gasteiger partial charge in [0, 0.05) is 30.7 Å². The van der Waals surface area contributed by atoms with Crippen LogP contribution in [0.4, 0.5) is 5.69 Å². The van der Waals surface area contributed by atoms with E-state index in [0.29, 0.717) is 4.64 Å². The van der Waals surface area contributed by atoms with Gasteiger partial charge in [0.15, 0.2) is 0 Å². The lowest BCUT2D eigenvalue weighted by molar-refractivity contribution is 1.13. The Kier molecular flexibility index (Phi) is 2.21. The van der Waals surface area contributed by atoms with Crippen molar-refractivity contribution in [3.05, 3.63) is 29.2 Å². The van der Waals surface area contributed by atoms with E-state index in [2.05, 4.69) is 9.97 Å². The highest BCUT2D eigenvalue weighted by Crippen LogP contribution is 2.19. The summed E-state index contributed by atoms with van der Waals surface area (Å²) < 4.78 is 0.641. The molecule has 0 saturated carbocycles. The number of rotatable bonds is 1. The monoisotopic (exact) mass is 205 g/mol. The fourth-order valence-electron chi connectivity index (χ4n) is 1.34. The Balaban J connectivity index is 2.76. The molecule has 72 valence electrons. The van der Waals surface area contributed by atoms with Gasteiger partial charge in [0.1, 0.15) is 4.64 Å². The van der Waals surface area contributed by atoms with Gasteiger partial charge >= 0.3 is 0 Å². The summed E-state index contributed by atoms with van der Waals surface area (Å²) in [5.41, 5.74) is 2.15. The van der Waals surface area contributed by atoms with E-state index in [1.807, 2.05) is 37.2 Å².